The zero-order valence-electron chi connectivity index (χ0n) is 23.5. The summed E-state index contributed by atoms with van der Waals surface area (Å²) in [6.45, 7) is 4.47. The Labute approximate surface area is 238 Å². The summed E-state index contributed by atoms with van der Waals surface area (Å²) in [5, 5.41) is 11.5. The minimum atomic E-state index is -0.562. The van der Waals surface area contributed by atoms with E-state index in [1.807, 2.05) is 25.1 Å². The van der Waals surface area contributed by atoms with Crippen LogP contribution in [0.5, 0.6) is 5.75 Å². The lowest BCUT2D eigenvalue weighted by molar-refractivity contribution is -0.384. The second-order valence-corrected chi connectivity index (χ2v) is 9.75. The number of hydrogen-bond donors (Lipinski definition) is 0. The second kappa shape index (κ2) is 13.5. The fourth-order valence-corrected chi connectivity index (χ4v) is 4.79. The lowest BCUT2D eigenvalue weighted by Crippen LogP contribution is -2.37. The van der Waals surface area contributed by atoms with Crippen LogP contribution in [0.25, 0.3) is 22.7 Å². The molecule has 0 radical (unpaired) electrons. The number of unbranched alkanes of at least 4 members (excludes halogenated alkanes) is 3. The number of benzene rings is 3. The van der Waals surface area contributed by atoms with Crippen LogP contribution in [-0.4, -0.2) is 38.9 Å². The van der Waals surface area contributed by atoms with Crippen LogP contribution in [0.3, 0.4) is 0 Å². The number of nitro benzene ring substituents is 1. The maximum Gasteiger partial charge on any atom is 0.269 e. The topological polar surface area (TPSA) is 108 Å². The van der Waals surface area contributed by atoms with Crippen molar-refractivity contribution < 1.29 is 14.5 Å². The first-order valence-corrected chi connectivity index (χ1v) is 13.7. The molecule has 1 unspecified atom stereocenters. The van der Waals surface area contributed by atoms with E-state index in [9.17, 15) is 19.7 Å². The summed E-state index contributed by atoms with van der Waals surface area (Å²) in [4.78, 5) is 44.7. The van der Waals surface area contributed by atoms with Gasteiger partial charge in [0.25, 0.3) is 11.2 Å². The summed E-state index contributed by atoms with van der Waals surface area (Å²) in [7, 11) is 1.55. The van der Waals surface area contributed by atoms with Crippen molar-refractivity contribution in [3.05, 3.63) is 111 Å². The van der Waals surface area contributed by atoms with E-state index in [-0.39, 0.29) is 17.2 Å². The van der Waals surface area contributed by atoms with Gasteiger partial charge in [-0.05, 0) is 61.4 Å². The predicted molar refractivity (Wildman–Crippen MR) is 160 cm³/mol. The average molecular weight is 555 g/mol. The minimum absolute atomic E-state index is 0.0173. The summed E-state index contributed by atoms with van der Waals surface area (Å²) in [6, 6.07) is 19.8. The van der Waals surface area contributed by atoms with Crippen molar-refractivity contribution in [2.24, 2.45) is 0 Å². The van der Waals surface area contributed by atoms with E-state index in [2.05, 4.69) is 6.92 Å². The number of carbonyl (C=O) groups is 1. The molecule has 0 saturated heterocycles. The normalized spacial score (nSPS) is 12.0. The Bertz CT molecular complexity index is 1610. The Morgan fingerprint density at radius 3 is 2.46 bits per heavy atom. The average Bonchev–Trinajstić information content (AvgIpc) is 2.99. The number of nitrogens with zero attached hydrogens (tertiary/aromatic N) is 4. The third-order valence-corrected chi connectivity index (χ3v) is 7.03. The van der Waals surface area contributed by atoms with Crippen LogP contribution in [0, 0.1) is 10.1 Å². The van der Waals surface area contributed by atoms with Gasteiger partial charge in [0.1, 0.15) is 11.6 Å². The summed E-state index contributed by atoms with van der Waals surface area (Å²) < 4.78 is 7.13. The number of ether oxygens (including phenoxy) is 1. The van der Waals surface area contributed by atoms with E-state index in [0.717, 1.165) is 25.7 Å². The number of methoxy groups -OCH3 is 1. The molecular weight excluding hydrogens is 520 g/mol. The third kappa shape index (κ3) is 6.69. The smallest absolute Gasteiger partial charge is 0.269 e. The molecule has 1 heterocycles. The number of rotatable bonds is 12. The van der Waals surface area contributed by atoms with Crippen molar-refractivity contribution in [3.8, 4) is 11.4 Å². The first kappa shape index (κ1) is 29.2. The van der Waals surface area contributed by atoms with Crippen LogP contribution in [0.15, 0.2) is 83.7 Å². The largest absolute Gasteiger partial charge is 0.495 e. The zero-order valence-corrected chi connectivity index (χ0v) is 23.5. The number of fused-ring (bicyclic) bond motifs is 1. The highest BCUT2D eigenvalue weighted by Gasteiger charge is 2.26. The molecule has 0 aliphatic rings. The molecule has 1 aromatic heterocycles. The Hall–Kier alpha value is -4.79. The van der Waals surface area contributed by atoms with Gasteiger partial charge in [-0.15, -0.1) is 0 Å². The fraction of sp³-hybridized carbons (Fsp3) is 0.281. The molecule has 4 aromatic rings. The quantitative estimate of drug-likeness (QED) is 0.0858. The monoisotopic (exact) mass is 554 g/mol. The van der Waals surface area contributed by atoms with Crippen LogP contribution < -0.4 is 10.3 Å². The SMILES string of the molecule is CCCCCCN(C(=O)/C=C/c1ccc([N+](=O)[O-])cc1)C(C)c1nc2ccccc2c(=O)n1-c1ccccc1OC. The van der Waals surface area contributed by atoms with Gasteiger partial charge in [0.05, 0.1) is 34.7 Å². The van der Waals surface area contributed by atoms with Gasteiger partial charge in [-0.1, -0.05) is 50.5 Å². The number of amides is 1. The molecule has 0 aliphatic heterocycles. The Morgan fingerprint density at radius 1 is 1.05 bits per heavy atom. The number of hydrogen-bond acceptors (Lipinski definition) is 6. The Morgan fingerprint density at radius 2 is 1.76 bits per heavy atom. The van der Waals surface area contributed by atoms with E-state index in [4.69, 9.17) is 9.72 Å². The number of aromatic nitrogens is 2. The molecule has 0 bridgehead atoms. The van der Waals surface area contributed by atoms with Crippen molar-refractivity contribution >= 4 is 28.6 Å². The van der Waals surface area contributed by atoms with Crippen molar-refractivity contribution in [1.29, 1.82) is 0 Å². The molecule has 9 heteroatoms. The zero-order chi connectivity index (χ0) is 29.4. The van der Waals surface area contributed by atoms with Gasteiger partial charge in [0, 0.05) is 24.8 Å². The molecule has 0 saturated carbocycles. The van der Waals surface area contributed by atoms with Gasteiger partial charge in [-0.3, -0.25) is 24.3 Å². The summed E-state index contributed by atoms with van der Waals surface area (Å²) in [5.41, 5.74) is 1.49. The Balaban J connectivity index is 1.78. The second-order valence-electron chi connectivity index (χ2n) is 9.75. The molecule has 1 amide bonds. The first-order chi connectivity index (χ1) is 19.8. The van der Waals surface area contributed by atoms with Crippen LogP contribution in [0.1, 0.15) is 57.0 Å². The van der Waals surface area contributed by atoms with Gasteiger partial charge in [-0.25, -0.2) is 4.98 Å². The van der Waals surface area contributed by atoms with E-state index in [1.165, 1.54) is 22.8 Å². The highest BCUT2D eigenvalue weighted by atomic mass is 16.6. The van der Waals surface area contributed by atoms with E-state index in [0.29, 0.717) is 40.3 Å². The van der Waals surface area contributed by atoms with Gasteiger partial charge < -0.3 is 9.64 Å². The van der Waals surface area contributed by atoms with Crippen molar-refractivity contribution in [3.63, 3.8) is 0 Å². The van der Waals surface area contributed by atoms with Gasteiger partial charge in [0.15, 0.2) is 0 Å². The highest BCUT2D eigenvalue weighted by molar-refractivity contribution is 5.92. The molecule has 0 fully saturated rings. The molecule has 0 N–H and O–H groups in total. The van der Waals surface area contributed by atoms with Gasteiger partial charge >= 0.3 is 0 Å². The molecule has 0 aliphatic carbocycles. The summed E-state index contributed by atoms with van der Waals surface area (Å²) >= 11 is 0. The number of non-ortho nitro benzene ring substituents is 1. The van der Waals surface area contributed by atoms with E-state index in [1.54, 1.807) is 60.6 Å². The maximum atomic E-state index is 13.9. The molecule has 9 nitrogen and oxygen atoms in total. The van der Waals surface area contributed by atoms with Gasteiger partial charge in [-0.2, -0.15) is 0 Å². The minimum Gasteiger partial charge on any atom is -0.495 e. The standard InChI is InChI=1S/C32H34N4O5/c1-4-5-6-11-22-34(30(37)21-18-24-16-19-25(20-17-24)36(39)40)23(2)31-33-27-13-8-7-12-26(27)32(38)35(31)28-14-9-10-15-29(28)41-3/h7-10,12-21,23H,4-6,11,22H2,1-3H3/b21-18+. The molecule has 3 aromatic carbocycles. The number of carbonyl (C=O) groups excluding carboxylic acids is 1. The van der Waals surface area contributed by atoms with Crippen LogP contribution >= 0.6 is 0 Å². The van der Waals surface area contributed by atoms with Crippen LogP contribution in [0.4, 0.5) is 5.69 Å². The number of nitro groups is 1. The molecule has 212 valence electrons. The highest BCUT2D eigenvalue weighted by Crippen LogP contribution is 2.28. The lowest BCUT2D eigenvalue weighted by atomic mass is 10.1. The molecule has 41 heavy (non-hydrogen) atoms. The number of para-hydroxylation sites is 3. The van der Waals surface area contributed by atoms with E-state index >= 15 is 0 Å². The van der Waals surface area contributed by atoms with Crippen molar-refractivity contribution in [2.75, 3.05) is 13.7 Å². The van der Waals surface area contributed by atoms with Crippen LogP contribution in [-0.2, 0) is 4.79 Å². The van der Waals surface area contributed by atoms with Crippen molar-refractivity contribution in [1.82, 2.24) is 14.5 Å². The summed E-state index contributed by atoms with van der Waals surface area (Å²) in [6.07, 6.45) is 6.96. The fourth-order valence-electron chi connectivity index (χ4n) is 4.79. The maximum absolute atomic E-state index is 13.9. The van der Waals surface area contributed by atoms with Crippen molar-refractivity contribution in [2.45, 2.75) is 45.6 Å². The summed E-state index contributed by atoms with van der Waals surface area (Å²) in [5.74, 6) is 0.686. The first-order valence-electron chi connectivity index (χ1n) is 13.7. The molecule has 4 rings (SSSR count). The van der Waals surface area contributed by atoms with Crippen LogP contribution in [0.2, 0.25) is 0 Å². The Kier molecular flexibility index (Phi) is 9.63. The molecule has 0 spiro atoms. The van der Waals surface area contributed by atoms with Gasteiger partial charge in [0.2, 0.25) is 5.91 Å². The molecular formula is C32H34N4O5. The third-order valence-electron chi connectivity index (χ3n) is 7.03. The molecule has 1 atom stereocenters. The lowest BCUT2D eigenvalue weighted by Gasteiger charge is -2.30. The van der Waals surface area contributed by atoms with E-state index < -0.39 is 11.0 Å². The predicted octanol–water partition coefficient (Wildman–Crippen LogP) is 6.49.